The van der Waals surface area contributed by atoms with E-state index in [2.05, 4.69) is 47.3 Å². The van der Waals surface area contributed by atoms with E-state index in [1.165, 1.54) is 23.9 Å². The lowest BCUT2D eigenvalue weighted by Crippen LogP contribution is -2.22. The van der Waals surface area contributed by atoms with E-state index in [0.29, 0.717) is 10.7 Å². The molecule has 4 aromatic rings. The molecule has 10 nitrogen and oxygen atoms in total. The molecule has 1 amide bonds. The van der Waals surface area contributed by atoms with E-state index in [0.717, 1.165) is 29.3 Å². The maximum atomic E-state index is 13.1. The second-order valence-electron chi connectivity index (χ2n) is 6.98. The highest BCUT2D eigenvalue weighted by molar-refractivity contribution is 7.15. The van der Waals surface area contributed by atoms with E-state index in [9.17, 15) is 18.4 Å². The summed E-state index contributed by atoms with van der Waals surface area (Å²) in [5, 5.41) is 17.5. The van der Waals surface area contributed by atoms with Gasteiger partial charge < -0.3 is 9.30 Å². The Morgan fingerprint density at radius 2 is 2.06 bits per heavy atom. The summed E-state index contributed by atoms with van der Waals surface area (Å²) in [6.45, 7) is -1.31. The van der Waals surface area contributed by atoms with Crippen molar-refractivity contribution in [2.75, 3.05) is 5.32 Å². The Labute approximate surface area is 205 Å². The molecular formula is C21H14ClF2N7O3S. The molecule has 0 bridgehead atoms. The van der Waals surface area contributed by atoms with Gasteiger partial charge in [0, 0.05) is 36.1 Å². The van der Waals surface area contributed by atoms with E-state index in [1.54, 1.807) is 6.07 Å². The van der Waals surface area contributed by atoms with Crippen LogP contribution < -0.4 is 15.6 Å². The van der Waals surface area contributed by atoms with Crippen molar-refractivity contribution in [1.29, 1.82) is 0 Å². The zero-order valence-electron chi connectivity index (χ0n) is 18.0. The number of H-pyrrole nitrogens is 1. The molecule has 0 fully saturated rings. The summed E-state index contributed by atoms with van der Waals surface area (Å²) in [5.74, 6) is 4.56. The van der Waals surface area contributed by atoms with Gasteiger partial charge in [0.1, 0.15) is 10.8 Å². The number of pyridine rings is 2. The van der Waals surface area contributed by atoms with Crippen molar-refractivity contribution in [3.63, 3.8) is 0 Å². The topological polar surface area (TPSA) is 128 Å². The van der Waals surface area contributed by atoms with Gasteiger partial charge in [-0.3, -0.25) is 20.0 Å². The van der Waals surface area contributed by atoms with Crippen LogP contribution in [0.1, 0.15) is 26.8 Å². The molecule has 4 aromatic heterocycles. The largest absolute Gasteiger partial charge is 0.433 e. The van der Waals surface area contributed by atoms with E-state index >= 15 is 0 Å². The van der Waals surface area contributed by atoms with Crippen LogP contribution in [0.25, 0.3) is 11.1 Å². The molecule has 0 saturated carbocycles. The average Bonchev–Trinajstić information content (AvgIpc) is 3.43. The standard InChI is InChI=1S/C21H14ClF2N7O3S/c1-10-5-11(28-27-10)3-4-17-29-30-21(35-17)26-19(33)13-7-18(32)31(2)9-14(13)12-6-16(22)25-8-15(12)34-20(23)24/h5-9,20H,1-2H3,(H,27,28)(H,26,30,33). The van der Waals surface area contributed by atoms with Crippen molar-refractivity contribution < 1.29 is 18.3 Å². The molecule has 0 saturated heterocycles. The minimum Gasteiger partial charge on any atom is -0.433 e. The molecule has 4 heterocycles. The number of aromatic amines is 1. The SMILES string of the molecule is Cc1cc(C#Cc2nnc(NC(=O)c3cc(=O)n(C)cc3-c3cc(Cl)ncc3OC(F)F)s2)n[nH]1. The zero-order chi connectivity index (χ0) is 25.1. The third kappa shape index (κ3) is 5.68. The highest BCUT2D eigenvalue weighted by Crippen LogP contribution is 2.34. The summed E-state index contributed by atoms with van der Waals surface area (Å²) in [5.41, 5.74) is 0.901. The predicted molar refractivity (Wildman–Crippen MR) is 124 cm³/mol. The molecule has 0 aromatic carbocycles. The number of nitrogens with zero attached hydrogens (tertiary/aromatic N) is 5. The first-order valence-corrected chi connectivity index (χ1v) is 10.9. The lowest BCUT2D eigenvalue weighted by Gasteiger charge is -2.14. The Hall–Kier alpha value is -4.15. The molecule has 35 heavy (non-hydrogen) atoms. The average molecular weight is 518 g/mol. The molecule has 0 unspecified atom stereocenters. The van der Waals surface area contributed by atoms with Crippen LogP contribution in [-0.2, 0) is 7.05 Å². The molecule has 14 heteroatoms. The van der Waals surface area contributed by atoms with Crippen LogP contribution in [0.15, 0.2) is 35.4 Å². The van der Waals surface area contributed by atoms with Crippen molar-refractivity contribution >= 4 is 34.0 Å². The number of anilines is 1. The summed E-state index contributed by atoms with van der Waals surface area (Å²) >= 11 is 6.96. The monoisotopic (exact) mass is 517 g/mol. The van der Waals surface area contributed by atoms with Crippen LogP contribution in [0.3, 0.4) is 0 Å². The number of amides is 1. The quantitative estimate of drug-likeness (QED) is 0.307. The Bertz CT molecular complexity index is 1540. The van der Waals surface area contributed by atoms with Crippen molar-refractivity contribution in [1.82, 2.24) is 29.9 Å². The van der Waals surface area contributed by atoms with Crippen molar-refractivity contribution in [3.05, 3.63) is 68.1 Å². The van der Waals surface area contributed by atoms with Gasteiger partial charge in [0.05, 0.1) is 11.8 Å². The Morgan fingerprint density at radius 3 is 2.77 bits per heavy atom. The predicted octanol–water partition coefficient (Wildman–Crippen LogP) is 3.24. The Kier molecular flexibility index (Phi) is 6.85. The van der Waals surface area contributed by atoms with Crippen LogP contribution in [0.5, 0.6) is 5.75 Å². The first-order valence-electron chi connectivity index (χ1n) is 9.70. The third-order valence-electron chi connectivity index (χ3n) is 4.46. The molecule has 178 valence electrons. The molecule has 0 aliphatic heterocycles. The minimum atomic E-state index is -3.15. The normalized spacial score (nSPS) is 10.7. The Morgan fingerprint density at radius 1 is 1.26 bits per heavy atom. The second kappa shape index (κ2) is 10.00. The number of hydrogen-bond acceptors (Lipinski definition) is 8. The number of rotatable bonds is 5. The van der Waals surface area contributed by atoms with E-state index in [1.807, 2.05) is 6.92 Å². The molecule has 0 spiro atoms. The number of alkyl halides is 2. The molecule has 0 aliphatic carbocycles. The molecular weight excluding hydrogens is 504 g/mol. The summed E-state index contributed by atoms with van der Waals surface area (Å²) < 4.78 is 31.6. The van der Waals surface area contributed by atoms with Gasteiger partial charge in [-0.05, 0) is 30.9 Å². The molecule has 0 radical (unpaired) electrons. The van der Waals surface area contributed by atoms with Crippen LogP contribution >= 0.6 is 22.9 Å². The number of aryl methyl sites for hydroxylation is 2. The van der Waals surface area contributed by atoms with Gasteiger partial charge in [0.15, 0.2) is 10.8 Å². The van der Waals surface area contributed by atoms with Gasteiger partial charge in [-0.2, -0.15) is 13.9 Å². The van der Waals surface area contributed by atoms with Crippen molar-refractivity contribution in [2.24, 2.45) is 7.05 Å². The number of carbonyl (C=O) groups excluding carboxylic acids is 1. The smallest absolute Gasteiger partial charge is 0.387 e. The van der Waals surface area contributed by atoms with Crippen LogP contribution in [-0.4, -0.2) is 42.5 Å². The summed E-state index contributed by atoms with van der Waals surface area (Å²) in [7, 11) is 1.44. The van der Waals surface area contributed by atoms with Gasteiger partial charge in [-0.15, -0.1) is 10.2 Å². The van der Waals surface area contributed by atoms with Gasteiger partial charge in [-0.1, -0.05) is 22.9 Å². The number of hydrogen-bond donors (Lipinski definition) is 2. The van der Waals surface area contributed by atoms with E-state index in [4.69, 9.17) is 11.6 Å². The maximum absolute atomic E-state index is 13.1. The lowest BCUT2D eigenvalue weighted by molar-refractivity contribution is -0.0496. The fraction of sp³-hybridized carbons (Fsp3) is 0.143. The number of nitrogens with one attached hydrogen (secondary N) is 2. The Balaban J connectivity index is 1.67. The summed E-state index contributed by atoms with van der Waals surface area (Å²) in [6, 6.07) is 4.07. The molecule has 0 atom stereocenters. The summed E-state index contributed by atoms with van der Waals surface area (Å²) in [4.78, 5) is 29.1. The van der Waals surface area contributed by atoms with Crippen LogP contribution in [0.4, 0.5) is 13.9 Å². The van der Waals surface area contributed by atoms with E-state index < -0.39 is 18.1 Å². The fourth-order valence-corrected chi connectivity index (χ4v) is 3.69. The van der Waals surface area contributed by atoms with E-state index in [-0.39, 0.29) is 32.7 Å². The first kappa shape index (κ1) is 24.0. The highest BCUT2D eigenvalue weighted by atomic mass is 35.5. The van der Waals surface area contributed by atoms with Gasteiger partial charge >= 0.3 is 6.61 Å². The molecule has 2 N–H and O–H groups in total. The summed E-state index contributed by atoms with van der Waals surface area (Å²) in [6.07, 6.45) is 2.32. The zero-order valence-corrected chi connectivity index (χ0v) is 19.5. The van der Waals surface area contributed by atoms with Crippen LogP contribution in [0.2, 0.25) is 5.15 Å². The number of halogens is 3. The van der Waals surface area contributed by atoms with Gasteiger partial charge in [0.25, 0.3) is 11.5 Å². The maximum Gasteiger partial charge on any atom is 0.387 e. The highest BCUT2D eigenvalue weighted by Gasteiger charge is 2.21. The third-order valence-corrected chi connectivity index (χ3v) is 5.42. The fourth-order valence-electron chi connectivity index (χ4n) is 2.94. The minimum absolute atomic E-state index is 0.0266. The molecule has 4 rings (SSSR count). The van der Waals surface area contributed by atoms with Crippen molar-refractivity contribution in [2.45, 2.75) is 13.5 Å². The number of aromatic nitrogens is 6. The van der Waals surface area contributed by atoms with Crippen molar-refractivity contribution in [3.8, 4) is 28.7 Å². The number of ether oxygens (including phenoxy) is 1. The van der Waals surface area contributed by atoms with Gasteiger partial charge in [-0.25, -0.2) is 4.98 Å². The van der Waals surface area contributed by atoms with Gasteiger partial charge in [0.2, 0.25) is 5.13 Å². The number of carbonyl (C=O) groups is 1. The van der Waals surface area contributed by atoms with Crippen LogP contribution in [0, 0.1) is 18.8 Å². The molecule has 0 aliphatic rings. The lowest BCUT2D eigenvalue weighted by atomic mass is 10.0. The second-order valence-corrected chi connectivity index (χ2v) is 8.35. The first-order chi connectivity index (χ1) is 16.7.